The normalized spacial score (nSPS) is 15.6. The molecule has 6 heteroatoms. The SMILES string of the molecule is Cc1cc(CNS(=O)(=O)c2ccc(OC3CCCC3)cc2)c(C)n1C. The van der Waals surface area contributed by atoms with Crippen LogP contribution < -0.4 is 9.46 Å². The summed E-state index contributed by atoms with van der Waals surface area (Å²) in [7, 11) is -1.56. The topological polar surface area (TPSA) is 60.3 Å². The molecule has 1 aromatic carbocycles. The predicted octanol–water partition coefficient (Wildman–Crippen LogP) is 3.44. The lowest BCUT2D eigenvalue weighted by molar-refractivity contribution is 0.210. The van der Waals surface area contributed by atoms with E-state index in [9.17, 15) is 8.42 Å². The van der Waals surface area contributed by atoms with Crippen LogP contribution in [0, 0.1) is 13.8 Å². The van der Waals surface area contributed by atoms with Gasteiger partial charge in [0.15, 0.2) is 0 Å². The van der Waals surface area contributed by atoms with Crippen LogP contribution in [-0.2, 0) is 23.6 Å². The highest BCUT2D eigenvalue weighted by molar-refractivity contribution is 7.89. The number of benzene rings is 1. The number of aryl methyl sites for hydroxylation is 1. The van der Waals surface area contributed by atoms with Crippen molar-refractivity contribution in [3.63, 3.8) is 0 Å². The van der Waals surface area contributed by atoms with Gasteiger partial charge < -0.3 is 9.30 Å². The molecule has 1 heterocycles. The Balaban J connectivity index is 1.66. The van der Waals surface area contributed by atoms with E-state index < -0.39 is 10.0 Å². The molecule has 1 saturated carbocycles. The summed E-state index contributed by atoms with van der Waals surface area (Å²) < 4.78 is 35.6. The number of hydrogen-bond acceptors (Lipinski definition) is 3. The van der Waals surface area contributed by atoms with Gasteiger partial charge in [-0.1, -0.05) is 0 Å². The highest BCUT2D eigenvalue weighted by Crippen LogP contribution is 2.25. The van der Waals surface area contributed by atoms with E-state index in [1.165, 1.54) is 12.8 Å². The molecule has 1 aromatic heterocycles. The Morgan fingerprint density at radius 1 is 1.16 bits per heavy atom. The summed E-state index contributed by atoms with van der Waals surface area (Å²) in [6, 6.07) is 8.71. The zero-order valence-electron chi connectivity index (χ0n) is 15.1. The minimum Gasteiger partial charge on any atom is -0.490 e. The molecule has 0 amide bonds. The number of aromatic nitrogens is 1. The minimum atomic E-state index is -3.54. The van der Waals surface area contributed by atoms with Crippen molar-refractivity contribution in [2.24, 2.45) is 7.05 Å². The number of hydrogen-bond donors (Lipinski definition) is 1. The minimum absolute atomic E-state index is 0.261. The van der Waals surface area contributed by atoms with Gasteiger partial charge in [-0.25, -0.2) is 13.1 Å². The van der Waals surface area contributed by atoms with Gasteiger partial charge in [-0.05, 0) is 75.4 Å². The molecule has 0 aliphatic heterocycles. The summed E-state index contributed by atoms with van der Waals surface area (Å²) >= 11 is 0. The van der Waals surface area contributed by atoms with E-state index in [4.69, 9.17) is 4.74 Å². The summed E-state index contributed by atoms with van der Waals surface area (Å²) in [5.41, 5.74) is 3.17. The maximum absolute atomic E-state index is 12.5. The fraction of sp³-hybridized carbons (Fsp3) is 0.474. The molecular formula is C19H26N2O3S. The van der Waals surface area contributed by atoms with E-state index in [1.54, 1.807) is 24.3 Å². The van der Waals surface area contributed by atoms with Crippen molar-refractivity contribution in [1.82, 2.24) is 9.29 Å². The number of rotatable bonds is 6. The van der Waals surface area contributed by atoms with E-state index in [1.807, 2.05) is 27.0 Å². The molecule has 0 radical (unpaired) electrons. The van der Waals surface area contributed by atoms with Crippen LogP contribution in [0.1, 0.15) is 42.6 Å². The number of nitrogens with zero attached hydrogens (tertiary/aromatic N) is 1. The Hall–Kier alpha value is -1.79. The van der Waals surface area contributed by atoms with Gasteiger partial charge in [0.05, 0.1) is 11.0 Å². The molecule has 1 fully saturated rings. The van der Waals surface area contributed by atoms with Gasteiger partial charge in [0.2, 0.25) is 10.0 Å². The number of nitrogens with one attached hydrogen (secondary N) is 1. The van der Waals surface area contributed by atoms with E-state index in [0.717, 1.165) is 35.5 Å². The summed E-state index contributed by atoms with van der Waals surface area (Å²) in [6.07, 6.45) is 4.85. The quantitative estimate of drug-likeness (QED) is 0.856. The van der Waals surface area contributed by atoms with E-state index in [2.05, 4.69) is 9.29 Å². The number of sulfonamides is 1. The summed E-state index contributed by atoms with van der Waals surface area (Å²) in [5.74, 6) is 0.736. The van der Waals surface area contributed by atoms with Crippen LogP contribution in [0.4, 0.5) is 0 Å². The zero-order valence-corrected chi connectivity index (χ0v) is 15.9. The second-order valence-electron chi connectivity index (χ2n) is 6.78. The maximum atomic E-state index is 12.5. The summed E-state index contributed by atoms with van der Waals surface area (Å²) in [4.78, 5) is 0.261. The first-order chi connectivity index (χ1) is 11.9. The molecule has 0 spiro atoms. The van der Waals surface area contributed by atoms with Crippen molar-refractivity contribution in [2.75, 3.05) is 0 Å². The zero-order chi connectivity index (χ0) is 18.0. The van der Waals surface area contributed by atoms with Crippen molar-refractivity contribution in [3.05, 3.63) is 47.3 Å². The summed E-state index contributed by atoms with van der Waals surface area (Å²) in [6.45, 7) is 4.29. The molecule has 5 nitrogen and oxygen atoms in total. The molecule has 0 saturated heterocycles. The van der Waals surface area contributed by atoms with Crippen LogP contribution in [0.15, 0.2) is 35.2 Å². The van der Waals surface area contributed by atoms with E-state index in [0.29, 0.717) is 0 Å². The lowest BCUT2D eigenvalue weighted by Gasteiger charge is -2.13. The van der Waals surface area contributed by atoms with Gasteiger partial charge in [-0.3, -0.25) is 0 Å². The molecule has 136 valence electrons. The molecule has 25 heavy (non-hydrogen) atoms. The standard InChI is InChI=1S/C19H26N2O3S/c1-14-12-16(15(2)21(14)3)13-20-25(22,23)19-10-8-18(9-11-19)24-17-6-4-5-7-17/h8-12,17,20H,4-7,13H2,1-3H3. The van der Waals surface area contributed by atoms with Crippen molar-refractivity contribution in [2.45, 2.75) is 57.1 Å². The van der Waals surface area contributed by atoms with Crippen LogP contribution in [0.5, 0.6) is 5.75 Å². The molecule has 1 N–H and O–H groups in total. The van der Waals surface area contributed by atoms with Crippen LogP contribution in [0.25, 0.3) is 0 Å². The summed E-state index contributed by atoms with van der Waals surface area (Å²) in [5, 5.41) is 0. The third kappa shape index (κ3) is 4.07. The average Bonchev–Trinajstić information content (AvgIpc) is 3.18. The highest BCUT2D eigenvalue weighted by atomic mass is 32.2. The Kier molecular flexibility index (Phi) is 5.20. The van der Waals surface area contributed by atoms with Crippen molar-refractivity contribution < 1.29 is 13.2 Å². The van der Waals surface area contributed by atoms with E-state index in [-0.39, 0.29) is 17.5 Å². The second kappa shape index (κ2) is 7.22. The van der Waals surface area contributed by atoms with Crippen molar-refractivity contribution >= 4 is 10.0 Å². The molecule has 0 unspecified atom stereocenters. The van der Waals surface area contributed by atoms with Gasteiger partial charge in [0.25, 0.3) is 0 Å². The largest absolute Gasteiger partial charge is 0.490 e. The third-order valence-corrected chi connectivity index (χ3v) is 6.49. The molecule has 1 aliphatic carbocycles. The van der Waals surface area contributed by atoms with Crippen LogP contribution in [0.3, 0.4) is 0 Å². The Morgan fingerprint density at radius 2 is 1.80 bits per heavy atom. The molecule has 2 aromatic rings. The van der Waals surface area contributed by atoms with Gasteiger partial charge in [0, 0.05) is 25.0 Å². The fourth-order valence-corrected chi connectivity index (χ4v) is 4.27. The van der Waals surface area contributed by atoms with Crippen LogP contribution in [-0.4, -0.2) is 19.1 Å². The molecule has 3 rings (SSSR count). The van der Waals surface area contributed by atoms with Crippen LogP contribution >= 0.6 is 0 Å². The lowest BCUT2D eigenvalue weighted by atomic mass is 10.2. The number of ether oxygens (including phenoxy) is 1. The van der Waals surface area contributed by atoms with E-state index >= 15 is 0 Å². The first-order valence-corrected chi connectivity index (χ1v) is 10.2. The van der Waals surface area contributed by atoms with Gasteiger partial charge in [-0.2, -0.15) is 0 Å². The monoisotopic (exact) mass is 362 g/mol. The average molecular weight is 362 g/mol. The molecular weight excluding hydrogens is 336 g/mol. The Labute approximate surface area is 150 Å². The second-order valence-corrected chi connectivity index (χ2v) is 8.54. The van der Waals surface area contributed by atoms with Crippen molar-refractivity contribution in [1.29, 1.82) is 0 Å². The highest BCUT2D eigenvalue weighted by Gasteiger charge is 2.18. The third-order valence-electron chi connectivity index (χ3n) is 5.07. The molecule has 0 atom stereocenters. The molecule has 1 aliphatic rings. The maximum Gasteiger partial charge on any atom is 0.240 e. The fourth-order valence-electron chi connectivity index (χ4n) is 3.26. The van der Waals surface area contributed by atoms with Gasteiger partial charge in [0.1, 0.15) is 5.75 Å². The Morgan fingerprint density at radius 3 is 2.36 bits per heavy atom. The lowest BCUT2D eigenvalue weighted by Crippen LogP contribution is -2.23. The first kappa shape index (κ1) is 18.0. The van der Waals surface area contributed by atoms with Crippen LogP contribution in [0.2, 0.25) is 0 Å². The Bertz CT molecular complexity index is 832. The first-order valence-electron chi connectivity index (χ1n) is 8.75. The predicted molar refractivity (Wildman–Crippen MR) is 98.2 cm³/mol. The van der Waals surface area contributed by atoms with Crippen molar-refractivity contribution in [3.8, 4) is 5.75 Å². The van der Waals surface area contributed by atoms with Gasteiger partial charge in [-0.15, -0.1) is 0 Å². The smallest absolute Gasteiger partial charge is 0.240 e. The van der Waals surface area contributed by atoms with Gasteiger partial charge >= 0.3 is 0 Å². The molecule has 0 bridgehead atoms.